The molecule has 26 heavy (non-hydrogen) atoms. The lowest BCUT2D eigenvalue weighted by Gasteiger charge is -2.31. The van der Waals surface area contributed by atoms with Gasteiger partial charge in [0.05, 0.1) is 29.6 Å². The zero-order valence-electron chi connectivity index (χ0n) is 14.8. The smallest absolute Gasteiger partial charge is 0.335 e. The van der Waals surface area contributed by atoms with Gasteiger partial charge in [0.2, 0.25) is 5.91 Å². The number of carboxylic acid groups (broad SMARTS) is 1. The lowest BCUT2D eigenvalue weighted by Crippen LogP contribution is -2.31. The summed E-state index contributed by atoms with van der Waals surface area (Å²) in [4.78, 5) is 23.6. The molecule has 1 saturated carbocycles. The highest BCUT2D eigenvalue weighted by Crippen LogP contribution is 2.30. The Labute approximate surface area is 152 Å². The normalized spacial score (nSPS) is 19.7. The van der Waals surface area contributed by atoms with Gasteiger partial charge < -0.3 is 20.2 Å². The molecule has 1 heterocycles. The molecule has 0 bridgehead atoms. The molecule has 1 aromatic carbocycles. The first kappa shape index (κ1) is 18.0. The Balaban J connectivity index is 1.79. The van der Waals surface area contributed by atoms with E-state index in [4.69, 9.17) is 4.42 Å². The highest BCUT2D eigenvalue weighted by atomic mass is 16.4. The minimum atomic E-state index is -1.02. The minimum Gasteiger partial charge on any atom is -0.478 e. The van der Waals surface area contributed by atoms with Gasteiger partial charge in [0.15, 0.2) is 0 Å². The number of carboxylic acids is 1. The van der Waals surface area contributed by atoms with Gasteiger partial charge in [0.1, 0.15) is 5.76 Å². The van der Waals surface area contributed by atoms with Gasteiger partial charge in [-0.15, -0.1) is 0 Å². The van der Waals surface area contributed by atoms with Crippen molar-refractivity contribution >= 4 is 23.3 Å². The lowest BCUT2D eigenvalue weighted by atomic mass is 9.86. The second-order valence-corrected chi connectivity index (χ2v) is 6.88. The van der Waals surface area contributed by atoms with Crippen LogP contribution < -0.4 is 10.6 Å². The molecular weight excluding hydrogens is 332 g/mol. The van der Waals surface area contributed by atoms with E-state index in [0.717, 1.165) is 12.1 Å². The number of anilines is 2. The summed E-state index contributed by atoms with van der Waals surface area (Å²) >= 11 is 0. The van der Waals surface area contributed by atoms with Gasteiger partial charge in [0, 0.05) is 6.04 Å². The molecule has 6 nitrogen and oxygen atoms in total. The fraction of sp³-hybridized carbons (Fsp3) is 0.400. The molecular formula is C20H24N2O4. The second-order valence-electron chi connectivity index (χ2n) is 6.88. The van der Waals surface area contributed by atoms with Crippen molar-refractivity contribution in [3.05, 3.63) is 47.9 Å². The number of nitrogens with one attached hydrogen (secondary N) is 2. The number of furan rings is 1. The zero-order valence-corrected chi connectivity index (χ0v) is 14.8. The van der Waals surface area contributed by atoms with E-state index in [1.54, 1.807) is 24.3 Å². The number of amides is 1. The number of aromatic carboxylic acids is 1. The predicted molar refractivity (Wildman–Crippen MR) is 99.5 cm³/mol. The Kier molecular flexibility index (Phi) is 5.61. The van der Waals surface area contributed by atoms with Crippen LogP contribution in [-0.4, -0.2) is 23.0 Å². The van der Waals surface area contributed by atoms with Gasteiger partial charge >= 0.3 is 5.97 Å². The Morgan fingerprint density at radius 3 is 2.69 bits per heavy atom. The standard InChI is InChI=1S/C20H24N2O4/c1-13-5-2-3-7-16(13)21-17-9-8-14(20(24)25)11-18(17)22-19(23)12-15-6-4-10-26-15/h4,6,8-11,13,16,21H,2-3,5,7,12H2,1H3,(H,22,23)(H,24,25). The van der Waals surface area contributed by atoms with E-state index in [1.165, 1.54) is 31.6 Å². The van der Waals surface area contributed by atoms with Gasteiger partial charge in [-0.1, -0.05) is 19.8 Å². The fourth-order valence-corrected chi connectivity index (χ4v) is 3.40. The van der Waals surface area contributed by atoms with E-state index in [1.807, 2.05) is 0 Å². The quantitative estimate of drug-likeness (QED) is 0.723. The fourth-order valence-electron chi connectivity index (χ4n) is 3.40. The Bertz CT molecular complexity index is 770. The number of hydrogen-bond donors (Lipinski definition) is 3. The van der Waals surface area contributed by atoms with Crippen LogP contribution in [0.1, 0.15) is 48.7 Å². The number of carbonyl (C=O) groups is 2. The van der Waals surface area contributed by atoms with Crippen molar-refractivity contribution < 1.29 is 19.1 Å². The summed E-state index contributed by atoms with van der Waals surface area (Å²) < 4.78 is 5.20. The van der Waals surface area contributed by atoms with Crippen molar-refractivity contribution in [1.29, 1.82) is 0 Å². The average Bonchev–Trinajstić information content (AvgIpc) is 3.11. The molecule has 1 aliphatic rings. The van der Waals surface area contributed by atoms with Crippen LogP contribution in [0.2, 0.25) is 0 Å². The molecule has 2 unspecified atom stereocenters. The third kappa shape index (κ3) is 4.45. The van der Waals surface area contributed by atoms with Crippen LogP contribution in [0, 0.1) is 5.92 Å². The average molecular weight is 356 g/mol. The highest BCUT2D eigenvalue weighted by molar-refractivity contribution is 5.98. The number of benzene rings is 1. The van der Waals surface area contributed by atoms with Crippen molar-refractivity contribution in [3.63, 3.8) is 0 Å². The third-order valence-corrected chi connectivity index (χ3v) is 4.91. The zero-order chi connectivity index (χ0) is 18.5. The molecule has 2 atom stereocenters. The van der Waals surface area contributed by atoms with Gasteiger partial charge in [-0.05, 0) is 49.1 Å². The number of rotatable bonds is 6. The molecule has 0 aliphatic heterocycles. The van der Waals surface area contributed by atoms with Crippen LogP contribution >= 0.6 is 0 Å². The van der Waals surface area contributed by atoms with Crippen LogP contribution in [0.4, 0.5) is 11.4 Å². The van der Waals surface area contributed by atoms with Gasteiger partial charge in [-0.3, -0.25) is 4.79 Å². The third-order valence-electron chi connectivity index (χ3n) is 4.91. The van der Waals surface area contributed by atoms with Crippen LogP contribution in [0.3, 0.4) is 0 Å². The topological polar surface area (TPSA) is 91.6 Å². The highest BCUT2D eigenvalue weighted by Gasteiger charge is 2.22. The van der Waals surface area contributed by atoms with Crippen LogP contribution in [0.5, 0.6) is 0 Å². The molecule has 1 aliphatic carbocycles. The van der Waals surface area contributed by atoms with Crippen LogP contribution in [0.15, 0.2) is 41.0 Å². The second kappa shape index (κ2) is 8.08. The molecule has 6 heteroatoms. The first-order chi connectivity index (χ1) is 12.5. The summed E-state index contributed by atoms with van der Waals surface area (Å²) in [5.74, 6) is -0.173. The summed E-state index contributed by atoms with van der Waals surface area (Å²) in [5.41, 5.74) is 1.38. The summed E-state index contributed by atoms with van der Waals surface area (Å²) in [6.07, 6.45) is 6.28. The van der Waals surface area contributed by atoms with E-state index in [9.17, 15) is 14.7 Å². The lowest BCUT2D eigenvalue weighted by molar-refractivity contribution is -0.115. The molecule has 2 aromatic rings. The van der Waals surface area contributed by atoms with Crippen molar-refractivity contribution in [2.45, 2.75) is 45.1 Å². The van der Waals surface area contributed by atoms with E-state index in [0.29, 0.717) is 23.4 Å². The minimum absolute atomic E-state index is 0.101. The monoisotopic (exact) mass is 356 g/mol. The van der Waals surface area contributed by atoms with Crippen molar-refractivity contribution in [1.82, 2.24) is 0 Å². The first-order valence-corrected chi connectivity index (χ1v) is 8.99. The molecule has 1 amide bonds. The first-order valence-electron chi connectivity index (χ1n) is 8.99. The summed E-state index contributed by atoms with van der Waals surface area (Å²) in [5, 5.41) is 15.6. The van der Waals surface area contributed by atoms with E-state index in [-0.39, 0.29) is 17.9 Å². The van der Waals surface area contributed by atoms with Crippen LogP contribution in [-0.2, 0) is 11.2 Å². The maximum atomic E-state index is 12.3. The van der Waals surface area contributed by atoms with Crippen LogP contribution in [0.25, 0.3) is 0 Å². The molecule has 0 radical (unpaired) electrons. The molecule has 1 aromatic heterocycles. The molecule has 3 rings (SSSR count). The van der Waals surface area contributed by atoms with Gasteiger partial charge in [0.25, 0.3) is 0 Å². The van der Waals surface area contributed by atoms with E-state index >= 15 is 0 Å². The largest absolute Gasteiger partial charge is 0.478 e. The van der Waals surface area contributed by atoms with E-state index < -0.39 is 5.97 Å². The van der Waals surface area contributed by atoms with Gasteiger partial charge in [-0.2, -0.15) is 0 Å². The van der Waals surface area contributed by atoms with Crippen molar-refractivity contribution in [3.8, 4) is 0 Å². The molecule has 1 fully saturated rings. The van der Waals surface area contributed by atoms with Crippen molar-refractivity contribution in [2.24, 2.45) is 5.92 Å². The SMILES string of the molecule is CC1CCCCC1Nc1ccc(C(=O)O)cc1NC(=O)Cc1ccco1. The molecule has 0 saturated heterocycles. The number of hydrogen-bond acceptors (Lipinski definition) is 4. The molecule has 0 spiro atoms. The summed E-state index contributed by atoms with van der Waals surface area (Å²) in [6, 6.07) is 8.56. The van der Waals surface area contributed by atoms with Gasteiger partial charge in [-0.25, -0.2) is 4.79 Å². The van der Waals surface area contributed by atoms with Crippen molar-refractivity contribution in [2.75, 3.05) is 10.6 Å². The predicted octanol–water partition coefficient (Wildman–Crippen LogP) is 4.15. The Hall–Kier alpha value is -2.76. The maximum Gasteiger partial charge on any atom is 0.335 e. The summed E-state index contributed by atoms with van der Waals surface area (Å²) in [6.45, 7) is 2.22. The molecule has 3 N–H and O–H groups in total. The summed E-state index contributed by atoms with van der Waals surface area (Å²) in [7, 11) is 0. The Morgan fingerprint density at radius 1 is 1.19 bits per heavy atom. The Morgan fingerprint density at radius 2 is 2.00 bits per heavy atom. The van der Waals surface area contributed by atoms with E-state index in [2.05, 4.69) is 17.6 Å². The maximum absolute atomic E-state index is 12.3. The molecule has 138 valence electrons. The number of carbonyl (C=O) groups excluding carboxylic acids is 1.